The van der Waals surface area contributed by atoms with E-state index in [1.54, 1.807) is 14.0 Å². The van der Waals surface area contributed by atoms with Gasteiger partial charge in [0.1, 0.15) is 5.54 Å². The van der Waals surface area contributed by atoms with E-state index in [2.05, 4.69) is 5.32 Å². The summed E-state index contributed by atoms with van der Waals surface area (Å²) in [5.41, 5.74) is 4.62. The molecule has 1 aliphatic carbocycles. The molecular formula is C11H22N2O3. The number of rotatable bonds is 8. The molecule has 0 heterocycles. The Morgan fingerprint density at radius 2 is 2.25 bits per heavy atom. The van der Waals surface area contributed by atoms with Crippen LogP contribution in [0.25, 0.3) is 0 Å². The molecule has 0 aromatic heterocycles. The van der Waals surface area contributed by atoms with Crippen molar-refractivity contribution in [3.63, 3.8) is 0 Å². The van der Waals surface area contributed by atoms with E-state index in [9.17, 15) is 4.79 Å². The Kier molecular flexibility index (Phi) is 4.70. The van der Waals surface area contributed by atoms with Crippen molar-refractivity contribution in [1.29, 1.82) is 0 Å². The molecule has 0 aromatic carbocycles. The van der Waals surface area contributed by atoms with Crippen molar-refractivity contribution in [1.82, 2.24) is 5.32 Å². The molecule has 0 saturated heterocycles. The minimum absolute atomic E-state index is 0.0373. The molecule has 0 aliphatic heterocycles. The first-order chi connectivity index (χ1) is 7.48. The summed E-state index contributed by atoms with van der Waals surface area (Å²) in [6.45, 7) is 4.48. The summed E-state index contributed by atoms with van der Waals surface area (Å²) in [6.07, 6.45) is 2.18. The molecule has 0 aromatic rings. The average molecular weight is 230 g/mol. The normalized spacial score (nSPS) is 21.4. The number of carbonyl (C=O) groups is 1. The van der Waals surface area contributed by atoms with E-state index in [-0.39, 0.29) is 18.6 Å². The van der Waals surface area contributed by atoms with Gasteiger partial charge in [0.2, 0.25) is 5.91 Å². The lowest BCUT2D eigenvalue weighted by Gasteiger charge is -2.28. The molecule has 1 saturated carbocycles. The molecule has 0 spiro atoms. The molecule has 94 valence electrons. The summed E-state index contributed by atoms with van der Waals surface area (Å²) in [7, 11) is 1.62. The molecule has 0 bridgehead atoms. The van der Waals surface area contributed by atoms with E-state index in [1.165, 1.54) is 0 Å². The number of primary amides is 1. The lowest BCUT2D eigenvalue weighted by molar-refractivity contribution is -0.128. The van der Waals surface area contributed by atoms with Crippen molar-refractivity contribution < 1.29 is 14.3 Å². The highest BCUT2D eigenvalue weighted by molar-refractivity contribution is 5.84. The fourth-order valence-corrected chi connectivity index (χ4v) is 1.45. The fourth-order valence-electron chi connectivity index (χ4n) is 1.45. The van der Waals surface area contributed by atoms with Crippen LogP contribution < -0.4 is 11.1 Å². The SMILES string of the molecule is COCC(C)OCC(C)(NC1CC1)C(N)=O. The predicted octanol–water partition coefficient (Wildman–Crippen LogP) is 0.0339. The molecular weight excluding hydrogens is 208 g/mol. The molecule has 1 amide bonds. The third-order valence-corrected chi connectivity index (χ3v) is 2.70. The molecule has 3 N–H and O–H groups in total. The number of hydrogen-bond acceptors (Lipinski definition) is 4. The Bertz CT molecular complexity index is 243. The summed E-state index contributed by atoms with van der Waals surface area (Å²) in [4.78, 5) is 11.4. The standard InChI is InChI=1S/C11H22N2O3/c1-8(6-15-3)16-7-11(2,10(12)14)13-9-4-5-9/h8-9,13H,4-7H2,1-3H3,(H2,12,14). The lowest BCUT2D eigenvalue weighted by Crippen LogP contribution is -2.57. The largest absolute Gasteiger partial charge is 0.382 e. The van der Waals surface area contributed by atoms with Gasteiger partial charge in [-0.25, -0.2) is 0 Å². The maximum Gasteiger partial charge on any atom is 0.239 e. The summed E-state index contributed by atoms with van der Waals surface area (Å²) in [6, 6.07) is 0.416. The summed E-state index contributed by atoms with van der Waals surface area (Å²) >= 11 is 0. The minimum Gasteiger partial charge on any atom is -0.382 e. The molecule has 1 aliphatic rings. The number of nitrogens with one attached hydrogen (secondary N) is 1. The monoisotopic (exact) mass is 230 g/mol. The van der Waals surface area contributed by atoms with Crippen LogP contribution in [-0.4, -0.2) is 43.9 Å². The quantitative estimate of drug-likeness (QED) is 0.617. The van der Waals surface area contributed by atoms with Gasteiger partial charge in [-0.3, -0.25) is 10.1 Å². The molecule has 1 fully saturated rings. The van der Waals surface area contributed by atoms with Crippen LogP contribution in [0.2, 0.25) is 0 Å². The van der Waals surface area contributed by atoms with Gasteiger partial charge in [-0.1, -0.05) is 0 Å². The molecule has 2 unspecified atom stereocenters. The zero-order chi connectivity index (χ0) is 12.2. The Morgan fingerprint density at radius 1 is 1.62 bits per heavy atom. The summed E-state index contributed by atoms with van der Waals surface area (Å²) < 4.78 is 10.5. The number of ether oxygens (including phenoxy) is 2. The van der Waals surface area contributed by atoms with Crippen LogP contribution in [-0.2, 0) is 14.3 Å². The van der Waals surface area contributed by atoms with Gasteiger partial charge in [-0.2, -0.15) is 0 Å². The first-order valence-corrected chi connectivity index (χ1v) is 5.66. The van der Waals surface area contributed by atoms with Gasteiger partial charge >= 0.3 is 0 Å². The van der Waals surface area contributed by atoms with Crippen molar-refractivity contribution in [2.45, 2.75) is 44.4 Å². The second kappa shape index (κ2) is 5.61. The predicted molar refractivity (Wildman–Crippen MR) is 61.0 cm³/mol. The third-order valence-electron chi connectivity index (χ3n) is 2.70. The number of amides is 1. The van der Waals surface area contributed by atoms with Crippen LogP contribution in [0.3, 0.4) is 0 Å². The molecule has 5 nitrogen and oxygen atoms in total. The van der Waals surface area contributed by atoms with Crippen LogP contribution in [0.4, 0.5) is 0 Å². The Labute approximate surface area is 96.7 Å². The second-order valence-corrected chi connectivity index (χ2v) is 4.69. The van der Waals surface area contributed by atoms with Crippen molar-refractivity contribution in [3.05, 3.63) is 0 Å². The topological polar surface area (TPSA) is 73.6 Å². The number of nitrogens with two attached hydrogens (primary N) is 1. The van der Waals surface area contributed by atoms with Gasteiger partial charge in [-0.05, 0) is 26.7 Å². The number of methoxy groups -OCH3 is 1. The highest BCUT2D eigenvalue weighted by atomic mass is 16.5. The number of hydrogen-bond donors (Lipinski definition) is 2. The van der Waals surface area contributed by atoms with E-state index in [0.29, 0.717) is 12.6 Å². The first-order valence-electron chi connectivity index (χ1n) is 5.66. The van der Waals surface area contributed by atoms with Gasteiger partial charge in [-0.15, -0.1) is 0 Å². The van der Waals surface area contributed by atoms with Gasteiger partial charge in [0, 0.05) is 13.2 Å². The molecule has 0 radical (unpaired) electrons. The van der Waals surface area contributed by atoms with Crippen LogP contribution in [0.1, 0.15) is 26.7 Å². The van der Waals surface area contributed by atoms with Gasteiger partial charge in [0.25, 0.3) is 0 Å². The van der Waals surface area contributed by atoms with Crippen LogP contribution in [0.5, 0.6) is 0 Å². The summed E-state index contributed by atoms with van der Waals surface area (Å²) in [5.74, 6) is -0.371. The Morgan fingerprint density at radius 3 is 2.69 bits per heavy atom. The highest BCUT2D eigenvalue weighted by Crippen LogP contribution is 2.22. The Balaban J connectivity index is 2.40. The zero-order valence-electron chi connectivity index (χ0n) is 10.3. The molecule has 1 rings (SSSR count). The Hall–Kier alpha value is -0.650. The van der Waals surface area contributed by atoms with E-state index in [0.717, 1.165) is 12.8 Å². The maximum absolute atomic E-state index is 11.4. The minimum atomic E-state index is -0.775. The van der Waals surface area contributed by atoms with E-state index < -0.39 is 5.54 Å². The highest BCUT2D eigenvalue weighted by Gasteiger charge is 2.37. The van der Waals surface area contributed by atoms with Gasteiger partial charge < -0.3 is 15.2 Å². The van der Waals surface area contributed by atoms with E-state index in [4.69, 9.17) is 15.2 Å². The van der Waals surface area contributed by atoms with Crippen LogP contribution in [0.15, 0.2) is 0 Å². The lowest BCUT2D eigenvalue weighted by atomic mass is 10.0. The zero-order valence-corrected chi connectivity index (χ0v) is 10.3. The second-order valence-electron chi connectivity index (χ2n) is 4.69. The van der Waals surface area contributed by atoms with Crippen molar-refractivity contribution in [2.75, 3.05) is 20.3 Å². The molecule has 16 heavy (non-hydrogen) atoms. The van der Waals surface area contributed by atoms with E-state index >= 15 is 0 Å². The van der Waals surface area contributed by atoms with Gasteiger partial charge in [0.15, 0.2) is 0 Å². The van der Waals surface area contributed by atoms with E-state index in [1.807, 2.05) is 6.92 Å². The van der Waals surface area contributed by atoms with Crippen LogP contribution >= 0.6 is 0 Å². The van der Waals surface area contributed by atoms with Crippen molar-refractivity contribution in [2.24, 2.45) is 5.73 Å². The molecule has 5 heteroatoms. The fraction of sp³-hybridized carbons (Fsp3) is 0.909. The van der Waals surface area contributed by atoms with Crippen LogP contribution in [0, 0.1) is 0 Å². The molecule has 2 atom stereocenters. The average Bonchev–Trinajstić information content (AvgIpc) is 2.99. The summed E-state index contributed by atoms with van der Waals surface area (Å²) in [5, 5.41) is 3.22. The third kappa shape index (κ3) is 4.08. The number of carbonyl (C=O) groups excluding carboxylic acids is 1. The smallest absolute Gasteiger partial charge is 0.239 e. The van der Waals surface area contributed by atoms with Gasteiger partial charge in [0.05, 0.1) is 19.3 Å². The first kappa shape index (κ1) is 13.4. The van der Waals surface area contributed by atoms with Crippen molar-refractivity contribution >= 4 is 5.91 Å². The maximum atomic E-state index is 11.4. The van der Waals surface area contributed by atoms with Crippen molar-refractivity contribution in [3.8, 4) is 0 Å².